The van der Waals surface area contributed by atoms with Crippen molar-refractivity contribution in [2.24, 2.45) is 0 Å². The van der Waals surface area contributed by atoms with Crippen molar-refractivity contribution in [1.82, 2.24) is 14.3 Å². The van der Waals surface area contributed by atoms with E-state index in [1.807, 2.05) is 6.92 Å². The average Bonchev–Trinajstić information content (AvgIpc) is 3.07. The third kappa shape index (κ3) is 2.69. The zero-order valence-corrected chi connectivity index (χ0v) is 12.6. The molecule has 0 spiro atoms. The molecule has 1 fully saturated rings. The molecule has 1 aliphatic heterocycles. The first-order chi connectivity index (χ1) is 10.1. The van der Waals surface area contributed by atoms with Gasteiger partial charge in [0.05, 0.1) is 19.8 Å². The van der Waals surface area contributed by atoms with E-state index in [0.29, 0.717) is 18.2 Å². The van der Waals surface area contributed by atoms with E-state index in [2.05, 4.69) is 4.98 Å². The van der Waals surface area contributed by atoms with Crippen molar-refractivity contribution in [1.29, 1.82) is 0 Å². The Labute approximate surface area is 124 Å². The van der Waals surface area contributed by atoms with Gasteiger partial charge in [0.15, 0.2) is 11.3 Å². The van der Waals surface area contributed by atoms with Gasteiger partial charge >= 0.3 is 0 Å². The van der Waals surface area contributed by atoms with Gasteiger partial charge in [-0.25, -0.2) is 4.98 Å². The van der Waals surface area contributed by atoms with Gasteiger partial charge in [-0.2, -0.15) is 0 Å². The molecule has 2 aromatic rings. The zero-order chi connectivity index (χ0) is 15.0. The summed E-state index contributed by atoms with van der Waals surface area (Å²) in [5, 5.41) is 0. The first-order valence-corrected chi connectivity index (χ1v) is 7.34. The van der Waals surface area contributed by atoms with E-state index >= 15 is 0 Å². The molecule has 0 aromatic carbocycles. The number of ether oxygens (including phenoxy) is 2. The van der Waals surface area contributed by atoms with Crippen molar-refractivity contribution in [2.45, 2.75) is 13.2 Å². The van der Waals surface area contributed by atoms with Gasteiger partial charge < -0.3 is 14.4 Å². The lowest BCUT2D eigenvalue weighted by molar-refractivity contribution is -0.0543. The number of carbonyl (C=O) groups is 1. The number of aromatic nitrogens is 2. The molecule has 0 N–H and O–H groups in total. The highest BCUT2D eigenvalue weighted by Crippen LogP contribution is 2.13. The fraction of sp³-hybridized carbons (Fsp3) is 0.462. The van der Waals surface area contributed by atoms with Crippen LogP contribution in [0.25, 0.3) is 4.96 Å². The van der Waals surface area contributed by atoms with E-state index in [9.17, 15) is 9.59 Å². The number of thiazole rings is 1. The molecule has 2 aromatic heterocycles. The summed E-state index contributed by atoms with van der Waals surface area (Å²) < 4.78 is 12.0. The second-order valence-corrected chi connectivity index (χ2v) is 6.04. The molecular weight excluding hydrogens is 294 g/mol. The van der Waals surface area contributed by atoms with Gasteiger partial charge in [-0.3, -0.25) is 14.0 Å². The summed E-state index contributed by atoms with van der Waals surface area (Å²) in [6.07, 6.45) is 2.60. The minimum atomic E-state index is -0.429. The van der Waals surface area contributed by atoms with Crippen molar-refractivity contribution in [3.63, 3.8) is 0 Å². The van der Waals surface area contributed by atoms with E-state index in [1.54, 1.807) is 13.2 Å². The summed E-state index contributed by atoms with van der Waals surface area (Å²) in [5.74, 6) is -0.384. The lowest BCUT2D eigenvalue weighted by Crippen LogP contribution is -2.38. The van der Waals surface area contributed by atoms with Crippen LogP contribution >= 0.6 is 11.3 Å². The molecule has 8 heteroatoms. The van der Waals surface area contributed by atoms with E-state index in [4.69, 9.17) is 9.47 Å². The predicted molar refractivity (Wildman–Crippen MR) is 76.7 cm³/mol. The third-order valence-electron chi connectivity index (χ3n) is 3.21. The minimum absolute atomic E-state index is 0.0470. The number of amides is 1. The first-order valence-electron chi connectivity index (χ1n) is 6.53. The molecule has 1 aliphatic rings. The van der Waals surface area contributed by atoms with Crippen molar-refractivity contribution >= 4 is 22.2 Å². The Bertz CT molecular complexity index is 733. The van der Waals surface area contributed by atoms with Gasteiger partial charge in [-0.15, -0.1) is 11.3 Å². The third-order valence-corrected chi connectivity index (χ3v) is 4.13. The van der Waals surface area contributed by atoms with E-state index in [0.717, 1.165) is 4.88 Å². The number of fused-ring (bicyclic) bond motifs is 1. The highest BCUT2D eigenvalue weighted by atomic mass is 32.1. The van der Waals surface area contributed by atoms with Crippen LogP contribution in [0.2, 0.25) is 0 Å². The monoisotopic (exact) mass is 309 g/mol. The van der Waals surface area contributed by atoms with Crippen molar-refractivity contribution < 1.29 is 14.3 Å². The maximum atomic E-state index is 12.4. The number of aryl methyl sites for hydroxylation is 1. The summed E-state index contributed by atoms with van der Waals surface area (Å²) >= 11 is 1.41. The Morgan fingerprint density at radius 3 is 2.95 bits per heavy atom. The molecule has 21 heavy (non-hydrogen) atoms. The Balaban J connectivity index is 1.86. The number of hydrogen-bond acceptors (Lipinski definition) is 6. The zero-order valence-electron chi connectivity index (χ0n) is 11.7. The maximum absolute atomic E-state index is 12.4. The van der Waals surface area contributed by atoms with Crippen molar-refractivity contribution in [3.05, 3.63) is 33.2 Å². The number of hydrogen-bond donors (Lipinski definition) is 0. The number of rotatable bonds is 3. The van der Waals surface area contributed by atoms with Gasteiger partial charge in [0, 0.05) is 24.3 Å². The summed E-state index contributed by atoms with van der Waals surface area (Å²) in [6, 6.07) is 0. The highest BCUT2D eigenvalue weighted by Gasteiger charge is 2.23. The smallest absolute Gasteiger partial charge is 0.271 e. The van der Waals surface area contributed by atoms with Crippen molar-refractivity contribution in [2.75, 3.05) is 26.8 Å². The van der Waals surface area contributed by atoms with Gasteiger partial charge in [0.2, 0.25) is 0 Å². The molecule has 0 atom stereocenters. The Morgan fingerprint density at radius 2 is 2.24 bits per heavy atom. The Morgan fingerprint density at radius 1 is 1.52 bits per heavy atom. The molecule has 1 saturated heterocycles. The standard InChI is InChI=1S/C13H15N3O4S/c1-8-6-16-12(18)9(5-14-13(16)21-8)11(17)15(2)7-10-19-3-4-20-10/h5-6,10H,3-4,7H2,1-2H3. The van der Waals surface area contributed by atoms with Gasteiger partial charge in [-0.1, -0.05) is 0 Å². The van der Waals surface area contributed by atoms with Crippen molar-refractivity contribution in [3.8, 4) is 0 Å². The Hall–Kier alpha value is -1.77. The Kier molecular flexibility index (Phi) is 3.75. The topological polar surface area (TPSA) is 73.1 Å². The summed E-state index contributed by atoms with van der Waals surface area (Å²) in [6.45, 7) is 3.22. The molecule has 0 bridgehead atoms. The van der Waals surface area contributed by atoms with Gasteiger partial charge in [0.1, 0.15) is 5.56 Å². The molecule has 7 nitrogen and oxygen atoms in total. The normalized spacial score (nSPS) is 15.7. The molecule has 0 aliphatic carbocycles. The van der Waals surface area contributed by atoms with Crippen LogP contribution < -0.4 is 5.56 Å². The van der Waals surface area contributed by atoms with Crippen LogP contribution in [-0.2, 0) is 9.47 Å². The fourth-order valence-electron chi connectivity index (χ4n) is 2.17. The number of likely N-dealkylation sites (N-methyl/N-ethyl adjacent to an activating group) is 1. The second-order valence-electron chi connectivity index (χ2n) is 4.83. The number of nitrogens with zero attached hydrogens (tertiary/aromatic N) is 3. The molecule has 0 saturated carbocycles. The predicted octanol–water partition coefficient (Wildman–Crippen LogP) is 0.509. The summed E-state index contributed by atoms with van der Waals surface area (Å²) in [4.78, 5) is 31.8. The van der Waals surface area contributed by atoms with Gasteiger partial charge in [0.25, 0.3) is 11.5 Å². The molecule has 112 valence electrons. The van der Waals surface area contributed by atoms with E-state index in [1.165, 1.54) is 26.8 Å². The molecular formula is C13H15N3O4S. The lowest BCUT2D eigenvalue weighted by Gasteiger charge is -2.19. The van der Waals surface area contributed by atoms with Crippen LogP contribution in [0.5, 0.6) is 0 Å². The second kappa shape index (κ2) is 5.55. The average molecular weight is 309 g/mol. The van der Waals surface area contributed by atoms with Crippen LogP contribution in [0, 0.1) is 6.92 Å². The highest BCUT2D eigenvalue weighted by molar-refractivity contribution is 7.16. The van der Waals surface area contributed by atoms with Gasteiger partial charge in [-0.05, 0) is 6.92 Å². The number of carbonyl (C=O) groups excluding carboxylic acids is 1. The van der Waals surface area contributed by atoms with Crippen LogP contribution in [0.3, 0.4) is 0 Å². The molecule has 3 heterocycles. The van der Waals surface area contributed by atoms with Crippen LogP contribution in [-0.4, -0.2) is 53.3 Å². The summed E-state index contributed by atoms with van der Waals surface area (Å²) in [7, 11) is 1.61. The summed E-state index contributed by atoms with van der Waals surface area (Å²) in [5.41, 5.74) is -0.305. The largest absolute Gasteiger partial charge is 0.348 e. The minimum Gasteiger partial charge on any atom is -0.348 e. The molecule has 0 radical (unpaired) electrons. The van der Waals surface area contributed by atoms with Crippen LogP contribution in [0.1, 0.15) is 15.2 Å². The first kappa shape index (κ1) is 14.2. The fourth-order valence-corrected chi connectivity index (χ4v) is 2.95. The van der Waals surface area contributed by atoms with Crippen LogP contribution in [0.15, 0.2) is 17.2 Å². The SMILES string of the molecule is Cc1cn2c(=O)c(C(=O)N(C)CC3OCCO3)cnc2s1. The quantitative estimate of drug-likeness (QED) is 0.826. The lowest BCUT2D eigenvalue weighted by atomic mass is 10.3. The molecule has 1 amide bonds. The molecule has 0 unspecified atom stereocenters. The molecule has 3 rings (SSSR count). The maximum Gasteiger partial charge on any atom is 0.271 e. The van der Waals surface area contributed by atoms with Crippen LogP contribution in [0.4, 0.5) is 0 Å². The van der Waals surface area contributed by atoms with E-state index < -0.39 is 6.29 Å². The van der Waals surface area contributed by atoms with E-state index in [-0.39, 0.29) is 23.6 Å².